The summed E-state index contributed by atoms with van der Waals surface area (Å²) in [6.45, 7) is 12.2. The zero-order valence-corrected chi connectivity index (χ0v) is 19.2. The summed E-state index contributed by atoms with van der Waals surface area (Å²) in [5.74, 6) is 0.882. The Balaban J connectivity index is 1.99. The standard InChI is InChI=1S/C22H33N3O3S/c1-16-9-7-10-19(17(16)2)28-14-20-23-18(15-29-20)13-25(11-8-12-27-6)21(26)24-22(3,4)5/h7,9-10,15H,8,11-14H2,1-6H3,(H,24,26). The molecule has 2 rings (SSSR count). The lowest BCUT2D eigenvalue weighted by Crippen LogP contribution is -2.48. The van der Waals surface area contributed by atoms with Crippen LogP contribution in [0.25, 0.3) is 0 Å². The van der Waals surface area contributed by atoms with E-state index in [0.29, 0.717) is 26.3 Å². The number of methoxy groups -OCH3 is 1. The Morgan fingerprint density at radius 1 is 1.28 bits per heavy atom. The number of urea groups is 1. The molecule has 1 aromatic heterocycles. The summed E-state index contributed by atoms with van der Waals surface area (Å²) in [6, 6.07) is 5.96. The lowest BCUT2D eigenvalue weighted by Gasteiger charge is -2.28. The van der Waals surface area contributed by atoms with E-state index in [4.69, 9.17) is 9.47 Å². The maximum absolute atomic E-state index is 12.7. The van der Waals surface area contributed by atoms with E-state index < -0.39 is 0 Å². The molecule has 0 unspecified atom stereocenters. The maximum Gasteiger partial charge on any atom is 0.318 e. The third kappa shape index (κ3) is 7.66. The first kappa shape index (κ1) is 23.2. The maximum atomic E-state index is 12.7. The molecular weight excluding hydrogens is 386 g/mol. The van der Waals surface area contributed by atoms with E-state index in [2.05, 4.69) is 30.2 Å². The minimum absolute atomic E-state index is 0.0882. The van der Waals surface area contributed by atoms with Crippen molar-refractivity contribution in [3.8, 4) is 5.75 Å². The Morgan fingerprint density at radius 2 is 2.03 bits per heavy atom. The monoisotopic (exact) mass is 419 g/mol. The number of amides is 2. The fourth-order valence-electron chi connectivity index (χ4n) is 2.76. The van der Waals surface area contributed by atoms with Crippen LogP contribution >= 0.6 is 11.3 Å². The molecule has 1 N–H and O–H groups in total. The number of nitrogens with one attached hydrogen (secondary N) is 1. The number of hydrogen-bond acceptors (Lipinski definition) is 5. The van der Waals surface area contributed by atoms with Crippen LogP contribution in [0.2, 0.25) is 0 Å². The highest BCUT2D eigenvalue weighted by molar-refractivity contribution is 7.09. The molecule has 0 aliphatic carbocycles. The van der Waals surface area contributed by atoms with Crippen LogP contribution in [-0.4, -0.2) is 41.7 Å². The molecule has 0 aliphatic heterocycles. The molecule has 0 spiro atoms. The fourth-order valence-corrected chi connectivity index (χ4v) is 3.45. The molecule has 1 aromatic carbocycles. The zero-order valence-electron chi connectivity index (χ0n) is 18.4. The topological polar surface area (TPSA) is 63.7 Å². The average molecular weight is 420 g/mol. The molecule has 0 aliphatic rings. The summed E-state index contributed by atoms with van der Waals surface area (Å²) in [4.78, 5) is 19.1. The number of aryl methyl sites for hydroxylation is 1. The van der Waals surface area contributed by atoms with Gasteiger partial charge in [0.2, 0.25) is 0 Å². The Hall–Kier alpha value is -2.12. The number of carbonyl (C=O) groups excluding carboxylic acids is 1. The summed E-state index contributed by atoms with van der Waals surface area (Å²) in [5.41, 5.74) is 2.94. The van der Waals surface area contributed by atoms with E-state index in [1.165, 1.54) is 5.56 Å². The van der Waals surface area contributed by atoms with Gasteiger partial charge in [-0.25, -0.2) is 9.78 Å². The summed E-state index contributed by atoms with van der Waals surface area (Å²) >= 11 is 1.55. The SMILES string of the molecule is COCCCN(Cc1csc(COc2cccc(C)c2C)n1)C(=O)NC(C)(C)C. The van der Waals surface area contributed by atoms with Crippen molar-refractivity contribution in [1.82, 2.24) is 15.2 Å². The third-order valence-electron chi connectivity index (χ3n) is 4.40. The van der Waals surface area contributed by atoms with Crippen molar-refractivity contribution >= 4 is 17.4 Å². The molecule has 2 aromatic rings. The molecule has 1 heterocycles. The Morgan fingerprint density at radius 3 is 2.72 bits per heavy atom. The molecule has 6 nitrogen and oxygen atoms in total. The zero-order chi connectivity index (χ0) is 21.4. The molecule has 0 fully saturated rings. The van der Waals surface area contributed by atoms with Gasteiger partial charge < -0.3 is 19.7 Å². The van der Waals surface area contributed by atoms with Crippen molar-refractivity contribution in [3.63, 3.8) is 0 Å². The van der Waals surface area contributed by atoms with E-state index in [1.54, 1.807) is 23.3 Å². The first-order chi connectivity index (χ1) is 13.7. The van der Waals surface area contributed by atoms with E-state index >= 15 is 0 Å². The fraction of sp³-hybridized carbons (Fsp3) is 0.545. The molecule has 7 heteroatoms. The van der Waals surface area contributed by atoms with Gasteiger partial charge in [0, 0.05) is 31.2 Å². The second-order valence-electron chi connectivity index (χ2n) is 8.17. The minimum atomic E-state index is -0.288. The van der Waals surface area contributed by atoms with Crippen molar-refractivity contribution in [2.75, 3.05) is 20.3 Å². The predicted molar refractivity (Wildman–Crippen MR) is 118 cm³/mol. The first-order valence-corrected chi connectivity index (χ1v) is 10.8. The Kier molecular flexibility index (Phi) is 8.46. The molecule has 29 heavy (non-hydrogen) atoms. The normalized spacial score (nSPS) is 11.4. The van der Waals surface area contributed by atoms with Gasteiger partial charge in [0.05, 0.1) is 12.2 Å². The molecule has 0 bridgehead atoms. The van der Waals surface area contributed by atoms with Crippen LogP contribution < -0.4 is 10.1 Å². The van der Waals surface area contributed by atoms with E-state index in [9.17, 15) is 4.79 Å². The van der Waals surface area contributed by atoms with E-state index in [0.717, 1.165) is 28.4 Å². The van der Waals surface area contributed by atoms with Gasteiger partial charge in [-0.3, -0.25) is 0 Å². The quantitative estimate of drug-likeness (QED) is 0.599. The highest BCUT2D eigenvalue weighted by Crippen LogP contribution is 2.22. The molecule has 0 saturated carbocycles. The number of hydrogen-bond donors (Lipinski definition) is 1. The minimum Gasteiger partial charge on any atom is -0.486 e. The molecular formula is C22H33N3O3S. The van der Waals surface area contributed by atoms with E-state index in [1.807, 2.05) is 38.3 Å². The van der Waals surface area contributed by atoms with Crippen LogP contribution in [-0.2, 0) is 17.9 Å². The number of rotatable bonds is 9. The summed E-state index contributed by atoms with van der Waals surface area (Å²) in [6.07, 6.45) is 0.779. The van der Waals surface area contributed by atoms with Gasteiger partial charge in [0.15, 0.2) is 0 Å². The lowest BCUT2D eigenvalue weighted by molar-refractivity contribution is 0.161. The van der Waals surface area contributed by atoms with Crippen molar-refractivity contribution in [3.05, 3.63) is 45.4 Å². The van der Waals surface area contributed by atoms with Gasteiger partial charge in [-0.05, 0) is 58.2 Å². The summed E-state index contributed by atoms with van der Waals surface area (Å²) in [7, 11) is 1.67. The van der Waals surface area contributed by atoms with Crippen LogP contribution in [0.5, 0.6) is 5.75 Å². The average Bonchev–Trinajstić information content (AvgIpc) is 3.08. The highest BCUT2D eigenvalue weighted by Gasteiger charge is 2.20. The van der Waals surface area contributed by atoms with Crippen molar-refractivity contribution in [2.45, 2.75) is 59.7 Å². The van der Waals surface area contributed by atoms with Gasteiger partial charge in [0.1, 0.15) is 17.4 Å². The van der Waals surface area contributed by atoms with Crippen LogP contribution in [0.1, 0.15) is 49.0 Å². The van der Waals surface area contributed by atoms with Gasteiger partial charge >= 0.3 is 6.03 Å². The largest absolute Gasteiger partial charge is 0.486 e. The molecule has 160 valence electrons. The van der Waals surface area contributed by atoms with Gasteiger partial charge in [-0.2, -0.15) is 0 Å². The summed E-state index contributed by atoms with van der Waals surface area (Å²) in [5, 5.41) is 5.92. The number of benzene rings is 1. The molecule has 2 amide bonds. The number of nitrogens with zero attached hydrogens (tertiary/aromatic N) is 2. The van der Waals surface area contributed by atoms with Crippen LogP contribution in [0.3, 0.4) is 0 Å². The third-order valence-corrected chi connectivity index (χ3v) is 5.28. The van der Waals surface area contributed by atoms with Crippen LogP contribution in [0, 0.1) is 13.8 Å². The summed E-state index contributed by atoms with van der Waals surface area (Å²) < 4.78 is 11.1. The van der Waals surface area contributed by atoms with Crippen LogP contribution in [0.15, 0.2) is 23.6 Å². The number of carbonyl (C=O) groups is 1. The van der Waals surface area contributed by atoms with Crippen molar-refractivity contribution in [1.29, 1.82) is 0 Å². The number of ether oxygens (including phenoxy) is 2. The molecule has 0 saturated heterocycles. The first-order valence-electron chi connectivity index (χ1n) is 9.88. The van der Waals surface area contributed by atoms with E-state index in [-0.39, 0.29) is 11.6 Å². The van der Waals surface area contributed by atoms with Gasteiger partial charge in [-0.15, -0.1) is 11.3 Å². The Labute approximate surface area is 178 Å². The lowest BCUT2D eigenvalue weighted by atomic mass is 10.1. The number of thiazole rings is 1. The van der Waals surface area contributed by atoms with Crippen molar-refractivity contribution < 1.29 is 14.3 Å². The highest BCUT2D eigenvalue weighted by atomic mass is 32.1. The number of aromatic nitrogens is 1. The molecule has 0 radical (unpaired) electrons. The van der Waals surface area contributed by atoms with Crippen molar-refractivity contribution in [2.24, 2.45) is 0 Å². The van der Waals surface area contributed by atoms with Gasteiger partial charge in [0.25, 0.3) is 0 Å². The predicted octanol–water partition coefficient (Wildman–Crippen LogP) is 4.69. The van der Waals surface area contributed by atoms with Gasteiger partial charge in [-0.1, -0.05) is 12.1 Å². The smallest absolute Gasteiger partial charge is 0.318 e. The second kappa shape index (κ2) is 10.6. The molecule has 0 atom stereocenters. The van der Waals surface area contributed by atoms with Crippen LogP contribution in [0.4, 0.5) is 4.79 Å². The Bertz CT molecular complexity index is 799. The second-order valence-corrected chi connectivity index (χ2v) is 9.11.